The van der Waals surface area contributed by atoms with Crippen molar-refractivity contribution in [1.29, 1.82) is 0 Å². The predicted octanol–water partition coefficient (Wildman–Crippen LogP) is 2.75. The van der Waals surface area contributed by atoms with Crippen LogP contribution in [0, 0.1) is 0 Å². The van der Waals surface area contributed by atoms with Gasteiger partial charge in [-0.25, -0.2) is 15.0 Å². The average Bonchev–Trinajstić information content (AvgIpc) is 2.44. The molecule has 0 spiro atoms. The van der Waals surface area contributed by atoms with E-state index < -0.39 is 0 Å². The Balaban J connectivity index is 2.14. The Morgan fingerprint density at radius 2 is 2.10 bits per heavy atom. The van der Waals surface area contributed by atoms with Gasteiger partial charge < -0.3 is 5.32 Å². The molecular weight excluding hydrogens is 288 g/mol. The topological polar surface area (TPSA) is 67.8 Å². The molecule has 1 N–H and O–H groups in total. The highest BCUT2D eigenvalue weighted by atomic mass is 35.5. The zero-order valence-electron chi connectivity index (χ0n) is 12.2. The fourth-order valence-corrected chi connectivity index (χ4v) is 1.92. The van der Waals surface area contributed by atoms with Crippen LogP contribution in [0.4, 0.5) is 0 Å². The fourth-order valence-electron chi connectivity index (χ4n) is 1.71. The summed E-state index contributed by atoms with van der Waals surface area (Å²) in [5.74, 6) is -0.205. The van der Waals surface area contributed by atoms with Crippen LogP contribution in [0.15, 0.2) is 30.7 Å². The second kappa shape index (κ2) is 6.18. The maximum Gasteiger partial charge on any atom is 0.251 e. The van der Waals surface area contributed by atoms with Crippen molar-refractivity contribution < 1.29 is 4.79 Å². The number of halogens is 1. The molecule has 0 radical (unpaired) electrons. The van der Waals surface area contributed by atoms with Crippen LogP contribution in [0.3, 0.4) is 0 Å². The quantitative estimate of drug-likeness (QED) is 0.885. The van der Waals surface area contributed by atoms with Crippen molar-refractivity contribution in [2.75, 3.05) is 0 Å². The van der Waals surface area contributed by atoms with E-state index in [0.717, 1.165) is 11.4 Å². The minimum Gasteiger partial charge on any atom is -0.346 e. The number of carbonyl (C=O) groups excluding carboxylic acids is 1. The number of amides is 1. The van der Waals surface area contributed by atoms with Crippen molar-refractivity contribution in [3.8, 4) is 0 Å². The Bertz CT molecular complexity index is 638. The van der Waals surface area contributed by atoms with Crippen LogP contribution >= 0.6 is 11.6 Å². The molecule has 0 atom stereocenters. The lowest BCUT2D eigenvalue weighted by Gasteiger charge is -2.18. The number of hydrogen-bond donors (Lipinski definition) is 1. The molecule has 2 heterocycles. The molecule has 110 valence electrons. The monoisotopic (exact) mass is 304 g/mol. The minimum absolute atomic E-state index is 0.174. The number of rotatable bonds is 3. The Kier molecular flexibility index (Phi) is 4.53. The van der Waals surface area contributed by atoms with E-state index in [1.165, 1.54) is 6.33 Å². The molecule has 0 aliphatic heterocycles. The Hall–Kier alpha value is -2.01. The maximum absolute atomic E-state index is 12.2. The SMILES string of the molecule is CC(C)(C)c1cc(C(=O)NCc2ccncn2)cc(Cl)n1. The smallest absolute Gasteiger partial charge is 0.251 e. The molecule has 0 saturated carbocycles. The molecule has 5 nitrogen and oxygen atoms in total. The number of aromatic nitrogens is 3. The van der Waals surface area contributed by atoms with Crippen LogP contribution in [0.25, 0.3) is 0 Å². The molecule has 1 amide bonds. The van der Waals surface area contributed by atoms with Gasteiger partial charge in [0.2, 0.25) is 0 Å². The van der Waals surface area contributed by atoms with Gasteiger partial charge in [-0.1, -0.05) is 32.4 Å². The standard InChI is InChI=1S/C15H17ClN4O/c1-15(2,3)12-6-10(7-13(16)20-12)14(21)18-8-11-4-5-17-9-19-11/h4-7,9H,8H2,1-3H3,(H,18,21). The summed E-state index contributed by atoms with van der Waals surface area (Å²) in [6.07, 6.45) is 3.08. The number of carbonyl (C=O) groups is 1. The zero-order valence-corrected chi connectivity index (χ0v) is 13.0. The summed E-state index contributed by atoms with van der Waals surface area (Å²) in [6.45, 7) is 6.41. The summed E-state index contributed by atoms with van der Waals surface area (Å²) >= 11 is 6.01. The largest absolute Gasteiger partial charge is 0.346 e. The highest BCUT2D eigenvalue weighted by Gasteiger charge is 2.18. The van der Waals surface area contributed by atoms with E-state index in [0.29, 0.717) is 17.3 Å². The Labute approximate surface area is 128 Å². The lowest BCUT2D eigenvalue weighted by Crippen LogP contribution is -2.24. The van der Waals surface area contributed by atoms with E-state index >= 15 is 0 Å². The molecule has 0 unspecified atom stereocenters. The normalized spacial score (nSPS) is 11.2. The molecule has 0 aromatic carbocycles. The molecule has 0 fully saturated rings. The van der Waals surface area contributed by atoms with Gasteiger partial charge in [0.15, 0.2) is 0 Å². The third-order valence-corrected chi connectivity index (χ3v) is 3.09. The zero-order chi connectivity index (χ0) is 15.5. The van der Waals surface area contributed by atoms with E-state index in [4.69, 9.17) is 11.6 Å². The van der Waals surface area contributed by atoms with Gasteiger partial charge in [-0.05, 0) is 18.2 Å². The van der Waals surface area contributed by atoms with E-state index in [-0.39, 0.29) is 11.3 Å². The van der Waals surface area contributed by atoms with Crippen LogP contribution in [0.2, 0.25) is 5.15 Å². The molecule has 0 bridgehead atoms. The second-order valence-corrected chi connectivity index (χ2v) is 6.08. The third-order valence-electron chi connectivity index (χ3n) is 2.90. The molecule has 0 aliphatic carbocycles. The molecule has 6 heteroatoms. The average molecular weight is 305 g/mol. The highest BCUT2D eigenvalue weighted by Crippen LogP contribution is 2.23. The van der Waals surface area contributed by atoms with Crippen molar-refractivity contribution in [2.24, 2.45) is 0 Å². The van der Waals surface area contributed by atoms with Gasteiger partial charge >= 0.3 is 0 Å². The van der Waals surface area contributed by atoms with Gasteiger partial charge in [-0.3, -0.25) is 4.79 Å². The molecule has 0 aliphatic rings. The van der Waals surface area contributed by atoms with Gasteiger partial charge in [0, 0.05) is 22.9 Å². The lowest BCUT2D eigenvalue weighted by atomic mass is 9.91. The summed E-state index contributed by atoms with van der Waals surface area (Å²) in [6, 6.07) is 5.08. The van der Waals surface area contributed by atoms with Gasteiger partial charge in [0.05, 0.1) is 12.2 Å². The first-order valence-electron chi connectivity index (χ1n) is 6.57. The molecule has 21 heavy (non-hydrogen) atoms. The van der Waals surface area contributed by atoms with Crippen LogP contribution in [-0.2, 0) is 12.0 Å². The van der Waals surface area contributed by atoms with Crippen LogP contribution in [0.1, 0.15) is 42.5 Å². The molecule has 2 aromatic heterocycles. The van der Waals surface area contributed by atoms with Gasteiger partial charge in [0.1, 0.15) is 11.5 Å². The number of pyridine rings is 1. The lowest BCUT2D eigenvalue weighted by molar-refractivity contribution is 0.0950. The van der Waals surface area contributed by atoms with E-state index in [9.17, 15) is 4.79 Å². The first-order valence-corrected chi connectivity index (χ1v) is 6.95. The Morgan fingerprint density at radius 1 is 1.33 bits per heavy atom. The van der Waals surface area contributed by atoms with Gasteiger partial charge in [-0.2, -0.15) is 0 Å². The third kappa shape index (κ3) is 4.23. The van der Waals surface area contributed by atoms with Gasteiger partial charge in [-0.15, -0.1) is 0 Å². The minimum atomic E-state index is -0.205. The highest BCUT2D eigenvalue weighted by molar-refractivity contribution is 6.29. The van der Waals surface area contributed by atoms with E-state index in [1.54, 1.807) is 24.4 Å². The fraction of sp³-hybridized carbons (Fsp3) is 0.333. The van der Waals surface area contributed by atoms with Crippen LogP contribution < -0.4 is 5.32 Å². The summed E-state index contributed by atoms with van der Waals surface area (Å²) in [5, 5.41) is 3.12. The van der Waals surface area contributed by atoms with Crippen molar-refractivity contribution in [1.82, 2.24) is 20.3 Å². The van der Waals surface area contributed by atoms with E-state index in [2.05, 4.69) is 20.3 Å². The van der Waals surface area contributed by atoms with Crippen LogP contribution in [-0.4, -0.2) is 20.9 Å². The van der Waals surface area contributed by atoms with Crippen molar-refractivity contribution >= 4 is 17.5 Å². The van der Waals surface area contributed by atoms with Crippen molar-refractivity contribution in [2.45, 2.75) is 32.7 Å². The molecule has 2 rings (SSSR count). The first kappa shape index (κ1) is 15.4. The molecule has 0 saturated heterocycles. The first-order chi connectivity index (χ1) is 9.86. The maximum atomic E-state index is 12.2. The van der Waals surface area contributed by atoms with Gasteiger partial charge in [0.25, 0.3) is 5.91 Å². The Morgan fingerprint density at radius 3 is 2.71 bits per heavy atom. The summed E-state index contributed by atoms with van der Waals surface area (Å²) in [5.41, 5.74) is 1.85. The number of nitrogens with one attached hydrogen (secondary N) is 1. The van der Waals surface area contributed by atoms with E-state index in [1.807, 2.05) is 20.8 Å². The van der Waals surface area contributed by atoms with Crippen molar-refractivity contribution in [3.05, 3.63) is 52.8 Å². The molecule has 2 aromatic rings. The number of nitrogens with zero attached hydrogens (tertiary/aromatic N) is 3. The number of hydrogen-bond acceptors (Lipinski definition) is 4. The summed E-state index contributed by atoms with van der Waals surface area (Å²) < 4.78 is 0. The summed E-state index contributed by atoms with van der Waals surface area (Å²) in [7, 11) is 0. The predicted molar refractivity (Wildman–Crippen MR) is 81.1 cm³/mol. The van der Waals surface area contributed by atoms with Crippen molar-refractivity contribution in [3.63, 3.8) is 0 Å². The second-order valence-electron chi connectivity index (χ2n) is 5.70. The van der Waals surface area contributed by atoms with Crippen LogP contribution in [0.5, 0.6) is 0 Å². The molecular formula is C15H17ClN4O. The summed E-state index contributed by atoms with van der Waals surface area (Å²) in [4.78, 5) is 24.4.